The van der Waals surface area contributed by atoms with E-state index in [4.69, 9.17) is 5.11 Å². The number of carbonyl (C=O) groups is 2. The van der Waals surface area contributed by atoms with Crippen molar-refractivity contribution in [3.05, 3.63) is 28.5 Å². The molecule has 3 N–H and O–H groups in total. The van der Waals surface area contributed by atoms with E-state index in [-0.39, 0.29) is 6.42 Å². The highest BCUT2D eigenvalue weighted by molar-refractivity contribution is 9.10. The molecule has 0 radical (unpaired) electrons. The third kappa shape index (κ3) is 6.19. The number of unbranched alkanes of at least 4 members (excludes halogenated alkanes) is 1. The number of rotatable bonds is 6. The van der Waals surface area contributed by atoms with Gasteiger partial charge in [-0.3, -0.25) is 4.79 Å². The van der Waals surface area contributed by atoms with Crippen molar-refractivity contribution in [2.45, 2.75) is 19.3 Å². The second kappa shape index (κ2) is 7.73. The molecule has 0 saturated heterocycles. The van der Waals surface area contributed by atoms with Crippen LogP contribution in [0.15, 0.2) is 22.7 Å². The molecule has 0 aliphatic carbocycles. The van der Waals surface area contributed by atoms with Gasteiger partial charge in [-0.15, -0.1) is 0 Å². The highest BCUT2D eigenvalue weighted by atomic mass is 79.9. The molecule has 5 nitrogen and oxygen atoms in total. The first-order valence-corrected chi connectivity index (χ1v) is 6.50. The van der Waals surface area contributed by atoms with Crippen molar-refractivity contribution in [1.29, 1.82) is 0 Å². The van der Waals surface area contributed by atoms with Crippen LogP contribution in [0.4, 0.5) is 14.9 Å². The molecule has 2 amide bonds. The van der Waals surface area contributed by atoms with Crippen molar-refractivity contribution >= 4 is 33.6 Å². The summed E-state index contributed by atoms with van der Waals surface area (Å²) in [6, 6.07) is 3.52. The van der Waals surface area contributed by atoms with Gasteiger partial charge < -0.3 is 15.7 Å². The van der Waals surface area contributed by atoms with Crippen LogP contribution in [0.3, 0.4) is 0 Å². The van der Waals surface area contributed by atoms with E-state index in [1.807, 2.05) is 0 Å². The average Bonchev–Trinajstić information content (AvgIpc) is 2.33. The summed E-state index contributed by atoms with van der Waals surface area (Å²) in [6.45, 7) is 0.367. The van der Waals surface area contributed by atoms with Gasteiger partial charge in [0.05, 0.1) is 5.69 Å². The number of anilines is 1. The summed E-state index contributed by atoms with van der Waals surface area (Å²) in [4.78, 5) is 21.8. The molecule has 0 unspecified atom stereocenters. The number of hydrogen-bond donors (Lipinski definition) is 3. The maximum atomic E-state index is 13.0. The summed E-state index contributed by atoms with van der Waals surface area (Å²) < 4.78 is 13.6. The smallest absolute Gasteiger partial charge is 0.319 e. The first-order chi connectivity index (χ1) is 8.99. The van der Waals surface area contributed by atoms with Crippen LogP contribution in [0.25, 0.3) is 0 Å². The SMILES string of the molecule is O=C(O)CCCCNC(=O)Nc1cc(F)ccc1Br. The van der Waals surface area contributed by atoms with Gasteiger partial charge in [-0.2, -0.15) is 0 Å². The maximum absolute atomic E-state index is 13.0. The van der Waals surface area contributed by atoms with Crippen LogP contribution in [0.1, 0.15) is 19.3 Å². The highest BCUT2D eigenvalue weighted by Crippen LogP contribution is 2.22. The van der Waals surface area contributed by atoms with Crippen LogP contribution in [0.5, 0.6) is 0 Å². The Labute approximate surface area is 118 Å². The second-order valence-corrected chi connectivity index (χ2v) is 4.71. The normalized spacial score (nSPS) is 10.0. The first-order valence-electron chi connectivity index (χ1n) is 5.70. The van der Waals surface area contributed by atoms with Gasteiger partial charge in [0, 0.05) is 17.4 Å². The van der Waals surface area contributed by atoms with Crippen molar-refractivity contribution in [3.63, 3.8) is 0 Å². The molecule has 0 aliphatic rings. The van der Waals surface area contributed by atoms with Gasteiger partial charge in [0.15, 0.2) is 0 Å². The average molecular weight is 333 g/mol. The van der Waals surface area contributed by atoms with Crippen LogP contribution in [-0.2, 0) is 4.79 Å². The molecule has 0 spiro atoms. The lowest BCUT2D eigenvalue weighted by atomic mass is 10.2. The van der Waals surface area contributed by atoms with E-state index in [1.165, 1.54) is 18.2 Å². The predicted molar refractivity (Wildman–Crippen MR) is 72.6 cm³/mol. The van der Waals surface area contributed by atoms with Gasteiger partial charge >= 0.3 is 12.0 Å². The molecular weight excluding hydrogens is 319 g/mol. The minimum atomic E-state index is -0.854. The molecule has 104 valence electrons. The van der Waals surface area contributed by atoms with Crippen LogP contribution in [-0.4, -0.2) is 23.7 Å². The molecule has 0 aliphatic heterocycles. The zero-order chi connectivity index (χ0) is 14.3. The number of carboxylic acid groups (broad SMARTS) is 1. The Bertz CT molecular complexity index is 468. The molecule has 1 aromatic carbocycles. The molecule has 19 heavy (non-hydrogen) atoms. The van der Waals surface area contributed by atoms with Crippen LogP contribution >= 0.6 is 15.9 Å². The van der Waals surface area contributed by atoms with E-state index in [1.54, 1.807) is 0 Å². The van der Waals surface area contributed by atoms with E-state index in [0.717, 1.165) is 0 Å². The summed E-state index contributed by atoms with van der Waals surface area (Å²) in [5, 5.41) is 13.5. The molecule has 7 heteroatoms. The fourth-order valence-electron chi connectivity index (χ4n) is 1.36. The first kappa shape index (κ1) is 15.4. The number of halogens is 2. The van der Waals surface area contributed by atoms with E-state index >= 15 is 0 Å². The van der Waals surface area contributed by atoms with Gasteiger partial charge in [-0.1, -0.05) is 0 Å². The van der Waals surface area contributed by atoms with Gasteiger partial charge in [0.1, 0.15) is 5.82 Å². The summed E-state index contributed by atoms with van der Waals surface area (Å²) in [5.74, 6) is -1.30. The van der Waals surface area contributed by atoms with Gasteiger partial charge in [0.25, 0.3) is 0 Å². The number of carboxylic acids is 1. The topological polar surface area (TPSA) is 78.4 Å². The molecule has 0 heterocycles. The molecule has 0 atom stereocenters. The summed E-state index contributed by atoms with van der Waals surface area (Å²) in [7, 11) is 0. The van der Waals surface area contributed by atoms with Crippen LogP contribution in [0.2, 0.25) is 0 Å². The van der Waals surface area contributed by atoms with E-state index in [9.17, 15) is 14.0 Å². The molecular formula is C12H14BrFN2O3. The Morgan fingerprint density at radius 1 is 1.32 bits per heavy atom. The minimum Gasteiger partial charge on any atom is -0.481 e. The quantitative estimate of drug-likeness (QED) is 0.701. The number of aliphatic carboxylic acids is 1. The molecule has 0 aromatic heterocycles. The number of benzene rings is 1. The second-order valence-electron chi connectivity index (χ2n) is 3.86. The van der Waals surface area contributed by atoms with Crippen LogP contribution < -0.4 is 10.6 Å². The summed E-state index contributed by atoms with van der Waals surface area (Å²) in [6.07, 6.45) is 1.15. The van der Waals surface area contributed by atoms with Crippen LogP contribution in [0, 0.1) is 5.82 Å². The van der Waals surface area contributed by atoms with Gasteiger partial charge in [0.2, 0.25) is 0 Å². The summed E-state index contributed by atoms with van der Waals surface area (Å²) in [5.41, 5.74) is 0.336. The third-order valence-electron chi connectivity index (χ3n) is 2.28. The Morgan fingerprint density at radius 3 is 2.74 bits per heavy atom. The zero-order valence-electron chi connectivity index (χ0n) is 10.1. The van der Waals surface area contributed by atoms with Crippen molar-refractivity contribution in [3.8, 4) is 0 Å². The fourth-order valence-corrected chi connectivity index (χ4v) is 1.71. The lowest BCUT2D eigenvalue weighted by Gasteiger charge is -2.09. The molecule has 0 saturated carbocycles. The maximum Gasteiger partial charge on any atom is 0.319 e. The largest absolute Gasteiger partial charge is 0.481 e. The monoisotopic (exact) mass is 332 g/mol. The van der Waals surface area contributed by atoms with Crippen molar-refractivity contribution in [2.75, 3.05) is 11.9 Å². The third-order valence-corrected chi connectivity index (χ3v) is 2.97. The standard InChI is InChI=1S/C12H14BrFN2O3/c13-9-5-4-8(14)7-10(9)16-12(19)15-6-2-1-3-11(17)18/h4-5,7H,1-3,6H2,(H,17,18)(H2,15,16,19). The lowest BCUT2D eigenvalue weighted by molar-refractivity contribution is -0.137. The Morgan fingerprint density at radius 2 is 2.05 bits per heavy atom. The predicted octanol–water partition coefficient (Wildman–Crippen LogP) is 2.96. The number of nitrogens with one attached hydrogen (secondary N) is 2. The number of carbonyl (C=O) groups excluding carboxylic acids is 1. The Hall–Kier alpha value is -1.63. The number of urea groups is 1. The molecule has 1 rings (SSSR count). The minimum absolute atomic E-state index is 0.0821. The Kier molecular flexibility index (Phi) is 6.27. The highest BCUT2D eigenvalue weighted by Gasteiger charge is 2.06. The van der Waals surface area contributed by atoms with Crippen molar-refractivity contribution < 1.29 is 19.1 Å². The van der Waals surface area contributed by atoms with Crippen molar-refractivity contribution in [1.82, 2.24) is 5.32 Å². The van der Waals surface area contributed by atoms with E-state index in [0.29, 0.717) is 29.5 Å². The Balaban J connectivity index is 2.31. The molecule has 1 aromatic rings. The van der Waals surface area contributed by atoms with E-state index < -0.39 is 17.8 Å². The number of amides is 2. The van der Waals surface area contributed by atoms with Gasteiger partial charge in [-0.25, -0.2) is 9.18 Å². The lowest BCUT2D eigenvalue weighted by Crippen LogP contribution is -2.29. The molecule has 0 fully saturated rings. The zero-order valence-corrected chi connectivity index (χ0v) is 11.7. The van der Waals surface area contributed by atoms with Gasteiger partial charge in [-0.05, 0) is 47.0 Å². The van der Waals surface area contributed by atoms with E-state index in [2.05, 4.69) is 26.6 Å². The summed E-state index contributed by atoms with van der Waals surface area (Å²) >= 11 is 3.19. The fraction of sp³-hybridized carbons (Fsp3) is 0.333. The number of hydrogen-bond acceptors (Lipinski definition) is 2. The van der Waals surface area contributed by atoms with Crippen molar-refractivity contribution in [2.24, 2.45) is 0 Å². The molecule has 0 bridgehead atoms.